The van der Waals surface area contributed by atoms with Gasteiger partial charge in [0.2, 0.25) is 5.91 Å². The molecule has 0 bridgehead atoms. The van der Waals surface area contributed by atoms with Crippen molar-refractivity contribution < 1.29 is 4.79 Å². The highest BCUT2D eigenvalue weighted by Crippen LogP contribution is 2.28. The van der Waals surface area contributed by atoms with Gasteiger partial charge in [0.05, 0.1) is 17.9 Å². The molecular formula is C28H27N3O. The molecule has 0 saturated carbocycles. The monoisotopic (exact) mass is 421 g/mol. The number of nitrogens with zero attached hydrogens (tertiary/aromatic N) is 2. The van der Waals surface area contributed by atoms with Gasteiger partial charge in [0, 0.05) is 24.1 Å². The van der Waals surface area contributed by atoms with Gasteiger partial charge in [-0.05, 0) is 18.1 Å². The van der Waals surface area contributed by atoms with Gasteiger partial charge in [-0.25, -0.2) is 4.98 Å². The van der Waals surface area contributed by atoms with E-state index in [1.165, 1.54) is 11.1 Å². The summed E-state index contributed by atoms with van der Waals surface area (Å²) in [5, 5.41) is 2.96. The van der Waals surface area contributed by atoms with Crippen LogP contribution in [0.4, 0.5) is 0 Å². The first-order valence-electron chi connectivity index (χ1n) is 10.8. The zero-order valence-corrected chi connectivity index (χ0v) is 18.3. The summed E-state index contributed by atoms with van der Waals surface area (Å²) in [5.74, 6) is 0.665. The van der Waals surface area contributed by atoms with Gasteiger partial charge in [0.15, 0.2) is 0 Å². The lowest BCUT2D eigenvalue weighted by Gasteiger charge is -2.14. The van der Waals surface area contributed by atoms with Gasteiger partial charge in [-0.15, -0.1) is 0 Å². The lowest BCUT2D eigenvalue weighted by atomic mass is 10.0. The fourth-order valence-corrected chi connectivity index (χ4v) is 3.77. The van der Waals surface area contributed by atoms with Crippen molar-refractivity contribution in [3.8, 4) is 11.3 Å². The third kappa shape index (κ3) is 5.03. The maximum Gasteiger partial charge on any atom is 0.246 e. The number of aromatic nitrogens is 2. The maximum atomic E-state index is 12.2. The lowest BCUT2D eigenvalue weighted by molar-refractivity contribution is -0.117. The Hall–Kier alpha value is -3.92. The molecule has 0 aliphatic rings. The van der Waals surface area contributed by atoms with Crippen LogP contribution in [0.15, 0.2) is 103 Å². The minimum Gasteiger partial charge on any atom is -0.345 e. The number of carbonyl (C=O) groups is 1. The van der Waals surface area contributed by atoms with Crippen LogP contribution in [-0.4, -0.2) is 15.5 Å². The zero-order valence-electron chi connectivity index (χ0n) is 18.3. The summed E-state index contributed by atoms with van der Waals surface area (Å²) in [6.45, 7) is 6.47. The smallest absolute Gasteiger partial charge is 0.246 e. The van der Waals surface area contributed by atoms with E-state index in [-0.39, 0.29) is 5.91 Å². The Bertz CT molecular complexity index is 1200. The molecule has 1 aromatic heterocycles. The molecule has 4 aromatic rings. The Morgan fingerprint density at radius 2 is 1.44 bits per heavy atom. The topological polar surface area (TPSA) is 46.9 Å². The lowest BCUT2D eigenvalue weighted by Crippen LogP contribution is -2.25. The molecule has 1 amide bonds. The van der Waals surface area contributed by atoms with Crippen molar-refractivity contribution in [3.63, 3.8) is 0 Å². The molecule has 0 aliphatic heterocycles. The van der Waals surface area contributed by atoms with Gasteiger partial charge in [-0.3, -0.25) is 4.79 Å². The van der Waals surface area contributed by atoms with Crippen LogP contribution >= 0.6 is 0 Å². The van der Waals surface area contributed by atoms with Gasteiger partial charge in [0.1, 0.15) is 5.82 Å². The largest absolute Gasteiger partial charge is 0.345 e. The Morgan fingerprint density at radius 3 is 2.03 bits per heavy atom. The fourth-order valence-electron chi connectivity index (χ4n) is 3.77. The standard InChI is InChI=1S/C28H27N3O/c1-21(2)28(32)29-19-26-30-25(18-22-12-6-3-7-13-22)27(24-16-10-5-11-17-24)31(26)20-23-14-8-4-9-15-23/h3-17H,1,18-20H2,2H3,(H,29,32). The molecule has 3 aromatic carbocycles. The van der Waals surface area contributed by atoms with E-state index in [0.29, 0.717) is 25.1 Å². The van der Waals surface area contributed by atoms with Crippen molar-refractivity contribution in [2.45, 2.75) is 26.4 Å². The summed E-state index contributed by atoms with van der Waals surface area (Å²) >= 11 is 0. The normalized spacial score (nSPS) is 10.7. The summed E-state index contributed by atoms with van der Waals surface area (Å²) in [4.78, 5) is 17.2. The summed E-state index contributed by atoms with van der Waals surface area (Å²) in [7, 11) is 0. The quantitative estimate of drug-likeness (QED) is 0.388. The number of amides is 1. The van der Waals surface area contributed by atoms with Crippen LogP contribution < -0.4 is 5.32 Å². The molecule has 0 atom stereocenters. The van der Waals surface area contributed by atoms with E-state index in [1.807, 2.05) is 54.6 Å². The summed E-state index contributed by atoms with van der Waals surface area (Å²) in [6, 6.07) is 31.0. The van der Waals surface area contributed by atoms with E-state index >= 15 is 0 Å². The number of carbonyl (C=O) groups excluding carboxylic acids is 1. The van der Waals surface area contributed by atoms with Crippen LogP contribution in [0.2, 0.25) is 0 Å². The molecule has 4 heteroatoms. The SMILES string of the molecule is C=C(C)C(=O)NCc1nc(Cc2ccccc2)c(-c2ccccc2)n1Cc1ccccc1. The van der Waals surface area contributed by atoms with Crippen molar-refractivity contribution >= 4 is 5.91 Å². The van der Waals surface area contributed by atoms with E-state index < -0.39 is 0 Å². The minimum absolute atomic E-state index is 0.162. The highest BCUT2D eigenvalue weighted by molar-refractivity contribution is 5.91. The van der Waals surface area contributed by atoms with Gasteiger partial charge in [-0.2, -0.15) is 0 Å². The van der Waals surface area contributed by atoms with Gasteiger partial charge < -0.3 is 9.88 Å². The van der Waals surface area contributed by atoms with E-state index in [4.69, 9.17) is 4.98 Å². The number of benzene rings is 3. The minimum atomic E-state index is -0.162. The van der Waals surface area contributed by atoms with E-state index in [2.05, 4.69) is 52.9 Å². The van der Waals surface area contributed by atoms with Crippen LogP contribution in [0, 0.1) is 0 Å². The van der Waals surface area contributed by atoms with Crippen LogP contribution in [0.3, 0.4) is 0 Å². The Balaban J connectivity index is 1.81. The maximum absolute atomic E-state index is 12.2. The van der Waals surface area contributed by atoms with Crippen LogP contribution in [0.25, 0.3) is 11.3 Å². The predicted octanol–water partition coefficient (Wildman–Crippen LogP) is 5.38. The first kappa shape index (κ1) is 21.3. The fraction of sp³-hybridized carbons (Fsp3) is 0.143. The molecule has 1 heterocycles. The Kier molecular flexibility index (Phi) is 6.61. The van der Waals surface area contributed by atoms with E-state index in [0.717, 1.165) is 22.8 Å². The highest BCUT2D eigenvalue weighted by atomic mass is 16.1. The molecule has 4 rings (SSSR count). The van der Waals surface area contributed by atoms with E-state index in [9.17, 15) is 4.79 Å². The number of hydrogen-bond donors (Lipinski definition) is 1. The third-order valence-electron chi connectivity index (χ3n) is 5.36. The Labute approximate surface area is 189 Å². The Morgan fingerprint density at radius 1 is 0.875 bits per heavy atom. The molecule has 0 saturated heterocycles. The van der Waals surface area contributed by atoms with Crippen LogP contribution in [-0.2, 0) is 24.3 Å². The second-order valence-corrected chi connectivity index (χ2v) is 7.89. The molecule has 160 valence electrons. The van der Waals surface area contributed by atoms with E-state index in [1.54, 1.807) is 6.92 Å². The molecule has 0 radical (unpaired) electrons. The molecule has 0 aliphatic carbocycles. The molecule has 0 unspecified atom stereocenters. The second kappa shape index (κ2) is 9.92. The van der Waals surface area contributed by atoms with Crippen molar-refractivity contribution in [2.75, 3.05) is 0 Å². The average Bonchev–Trinajstić information content (AvgIpc) is 3.15. The van der Waals surface area contributed by atoms with Crippen LogP contribution in [0.1, 0.15) is 29.6 Å². The van der Waals surface area contributed by atoms with Crippen molar-refractivity contribution in [2.24, 2.45) is 0 Å². The number of nitrogens with one attached hydrogen (secondary N) is 1. The van der Waals surface area contributed by atoms with Gasteiger partial charge >= 0.3 is 0 Å². The predicted molar refractivity (Wildman–Crippen MR) is 129 cm³/mol. The van der Waals surface area contributed by atoms with Crippen molar-refractivity contribution in [1.29, 1.82) is 0 Å². The van der Waals surface area contributed by atoms with Crippen molar-refractivity contribution in [3.05, 3.63) is 126 Å². The number of imidazole rings is 1. The first-order chi connectivity index (χ1) is 15.6. The average molecular weight is 422 g/mol. The highest BCUT2D eigenvalue weighted by Gasteiger charge is 2.20. The molecule has 32 heavy (non-hydrogen) atoms. The molecular weight excluding hydrogens is 394 g/mol. The second-order valence-electron chi connectivity index (χ2n) is 7.89. The number of hydrogen-bond acceptors (Lipinski definition) is 2. The summed E-state index contributed by atoms with van der Waals surface area (Å²) in [6.07, 6.45) is 0.717. The summed E-state index contributed by atoms with van der Waals surface area (Å²) in [5.41, 5.74) is 6.06. The van der Waals surface area contributed by atoms with Gasteiger partial charge in [0.25, 0.3) is 0 Å². The molecule has 0 fully saturated rings. The molecule has 4 nitrogen and oxygen atoms in total. The molecule has 1 N–H and O–H groups in total. The first-order valence-corrected chi connectivity index (χ1v) is 10.8. The van der Waals surface area contributed by atoms with Gasteiger partial charge in [-0.1, -0.05) is 97.6 Å². The summed E-state index contributed by atoms with van der Waals surface area (Å²) < 4.78 is 2.22. The molecule has 0 spiro atoms. The zero-order chi connectivity index (χ0) is 22.3. The third-order valence-corrected chi connectivity index (χ3v) is 5.36. The number of rotatable bonds is 8. The van der Waals surface area contributed by atoms with Crippen LogP contribution in [0.5, 0.6) is 0 Å². The van der Waals surface area contributed by atoms with Crippen molar-refractivity contribution in [1.82, 2.24) is 14.9 Å².